The van der Waals surface area contributed by atoms with E-state index in [1.54, 1.807) is 7.11 Å². The van der Waals surface area contributed by atoms with Gasteiger partial charge in [0, 0.05) is 18.0 Å². The molecule has 1 fully saturated rings. The molecule has 1 heterocycles. The van der Waals surface area contributed by atoms with Gasteiger partial charge in [0.15, 0.2) is 5.75 Å². The molecule has 0 saturated heterocycles. The van der Waals surface area contributed by atoms with Gasteiger partial charge in [-0.05, 0) is 39.7 Å². The number of aromatic nitrogens is 2. The van der Waals surface area contributed by atoms with Crippen molar-refractivity contribution < 1.29 is 4.74 Å². The van der Waals surface area contributed by atoms with E-state index in [-0.39, 0.29) is 0 Å². The molecule has 1 aromatic rings. The number of hydrogen-bond donors (Lipinski definition) is 1. The van der Waals surface area contributed by atoms with Crippen LogP contribution in [0.1, 0.15) is 64.1 Å². The van der Waals surface area contributed by atoms with Crippen molar-refractivity contribution in [3.05, 3.63) is 11.9 Å². The van der Waals surface area contributed by atoms with Gasteiger partial charge in [-0.1, -0.05) is 13.3 Å². The van der Waals surface area contributed by atoms with Crippen LogP contribution in [0.4, 0.5) is 0 Å². The lowest BCUT2D eigenvalue weighted by Gasteiger charge is -2.24. The van der Waals surface area contributed by atoms with Gasteiger partial charge in [-0.25, -0.2) is 0 Å². The highest BCUT2D eigenvalue weighted by atomic mass is 16.5. The molecule has 1 aliphatic carbocycles. The fourth-order valence-electron chi connectivity index (χ4n) is 3.14. The SMILES string of the molecule is CCCNC1CCCC1c1c(OC)cnn1C(C)C. The highest BCUT2D eigenvalue weighted by molar-refractivity contribution is 5.31. The standard InChI is InChI=1S/C15H27N3O/c1-5-9-16-13-8-6-7-12(13)15-14(19-4)10-17-18(15)11(2)3/h10-13,16H,5-9H2,1-4H3. The Kier molecular flexibility index (Phi) is 4.86. The molecule has 2 rings (SSSR count). The molecular weight excluding hydrogens is 238 g/mol. The lowest BCUT2D eigenvalue weighted by molar-refractivity contribution is 0.381. The monoisotopic (exact) mass is 265 g/mol. The van der Waals surface area contributed by atoms with Gasteiger partial charge < -0.3 is 10.1 Å². The summed E-state index contributed by atoms with van der Waals surface area (Å²) in [5.41, 5.74) is 1.28. The Balaban J connectivity index is 2.25. The van der Waals surface area contributed by atoms with Gasteiger partial charge in [-0.2, -0.15) is 5.10 Å². The first kappa shape index (κ1) is 14.4. The Morgan fingerprint density at radius 3 is 2.89 bits per heavy atom. The van der Waals surface area contributed by atoms with Crippen LogP contribution in [0.3, 0.4) is 0 Å². The minimum absolute atomic E-state index is 0.381. The van der Waals surface area contributed by atoms with Crippen LogP contribution in [0.25, 0.3) is 0 Å². The Morgan fingerprint density at radius 2 is 2.26 bits per heavy atom. The summed E-state index contributed by atoms with van der Waals surface area (Å²) in [4.78, 5) is 0. The Morgan fingerprint density at radius 1 is 1.47 bits per heavy atom. The molecule has 108 valence electrons. The largest absolute Gasteiger partial charge is 0.493 e. The van der Waals surface area contributed by atoms with Crippen molar-refractivity contribution in [2.24, 2.45) is 0 Å². The zero-order chi connectivity index (χ0) is 13.8. The Labute approximate surface area is 116 Å². The molecule has 0 aliphatic heterocycles. The molecule has 1 aliphatic rings. The van der Waals surface area contributed by atoms with E-state index in [0.717, 1.165) is 12.3 Å². The molecule has 1 aromatic heterocycles. The summed E-state index contributed by atoms with van der Waals surface area (Å²) in [6, 6.07) is 0.953. The lowest BCUT2D eigenvalue weighted by atomic mass is 9.98. The van der Waals surface area contributed by atoms with Crippen LogP contribution in [0.15, 0.2) is 6.20 Å². The van der Waals surface area contributed by atoms with Crippen molar-refractivity contribution in [1.82, 2.24) is 15.1 Å². The Bertz CT molecular complexity index is 400. The number of hydrogen-bond acceptors (Lipinski definition) is 3. The lowest BCUT2D eigenvalue weighted by Crippen LogP contribution is -2.33. The van der Waals surface area contributed by atoms with Crippen LogP contribution in [0.5, 0.6) is 5.75 Å². The van der Waals surface area contributed by atoms with E-state index in [9.17, 15) is 0 Å². The van der Waals surface area contributed by atoms with E-state index in [1.807, 2.05) is 6.20 Å². The van der Waals surface area contributed by atoms with Crippen molar-refractivity contribution in [3.63, 3.8) is 0 Å². The van der Waals surface area contributed by atoms with E-state index in [1.165, 1.54) is 31.4 Å². The van der Waals surface area contributed by atoms with Crippen LogP contribution in [-0.2, 0) is 0 Å². The van der Waals surface area contributed by atoms with Gasteiger partial charge in [-0.15, -0.1) is 0 Å². The number of methoxy groups -OCH3 is 1. The molecule has 0 aromatic carbocycles. The van der Waals surface area contributed by atoms with E-state index in [2.05, 4.69) is 35.9 Å². The molecule has 2 atom stereocenters. The van der Waals surface area contributed by atoms with Crippen molar-refractivity contribution >= 4 is 0 Å². The van der Waals surface area contributed by atoms with Crippen LogP contribution in [0, 0.1) is 0 Å². The summed E-state index contributed by atoms with van der Waals surface area (Å²) >= 11 is 0. The minimum atomic E-state index is 0.381. The fourth-order valence-corrected chi connectivity index (χ4v) is 3.14. The third-order valence-corrected chi connectivity index (χ3v) is 4.03. The molecule has 19 heavy (non-hydrogen) atoms. The molecule has 0 spiro atoms. The quantitative estimate of drug-likeness (QED) is 0.859. The van der Waals surface area contributed by atoms with E-state index >= 15 is 0 Å². The van der Waals surface area contributed by atoms with Crippen LogP contribution >= 0.6 is 0 Å². The third kappa shape index (κ3) is 2.94. The van der Waals surface area contributed by atoms with Gasteiger partial charge in [0.25, 0.3) is 0 Å². The zero-order valence-electron chi connectivity index (χ0n) is 12.6. The highest BCUT2D eigenvalue weighted by Gasteiger charge is 2.33. The first-order valence-electron chi connectivity index (χ1n) is 7.53. The van der Waals surface area contributed by atoms with E-state index < -0.39 is 0 Å². The molecule has 0 bridgehead atoms. The van der Waals surface area contributed by atoms with Crippen molar-refractivity contribution in [3.8, 4) is 5.75 Å². The summed E-state index contributed by atoms with van der Waals surface area (Å²) in [6.45, 7) is 7.67. The maximum absolute atomic E-state index is 5.53. The fraction of sp³-hybridized carbons (Fsp3) is 0.800. The second kappa shape index (κ2) is 6.42. The molecule has 1 N–H and O–H groups in total. The Hall–Kier alpha value is -1.03. The van der Waals surface area contributed by atoms with Crippen molar-refractivity contribution in [2.75, 3.05) is 13.7 Å². The van der Waals surface area contributed by atoms with Crippen molar-refractivity contribution in [1.29, 1.82) is 0 Å². The zero-order valence-corrected chi connectivity index (χ0v) is 12.6. The van der Waals surface area contributed by atoms with Crippen LogP contribution in [-0.4, -0.2) is 29.5 Å². The first-order chi connectivity index (χ1) is 9.19. The second-order valence-electron chi connectivity index (χ2n) is 5.73. The molecule has 1 saturated carbocycles. The molecular formula is C15H27N3O. The maximum atomic E-state index is 5.53. The minimum Gasteiger partial charge on any atom is -0.493 e. The topological polar surface area (TPSA) is 39.1 Å². The highest BCUT2D eigenvalue weighted by Crippen LogP contribution is 2.39. The van der Waals surface area contributed by atoms with Gasteiger partial charge in [-0.3, -0.25) is 4.68 Å². The van der Waals surface area contributed by atoms with Crippen LogP contribution < -0.4 is 10.1 Å². The summed E-state index contributed by atoms with van der Waals surface area (Å²) in [6.07, 6.45) is 6.83. The predicted octanol–water partition coefficient (Wildman–Crippen LogP) is 3.11. The maximum Gasteiger partial charge on any atom is 0.160 e. The second-order valence-corrected chi connectivity index (χ2v) is 5.73. The molecule has 2 unspecified atom stereocenters. The van der Waals surface area contributed by atoms with Gasteiger partial charge in [0.1, 0.15) is 0 Å². The normalized spacial score (nSPS) is 23.2. The van der Waals surface area contributed by atoms with Gasteiger partial charge in [0.2, 0.25) is 0 Å². The summed E-state index contributed by atoms with van der Waals surface area (Å²) < 4.78 is 7.66. The number of nitrogens with one attached hydrogen (secondary N) is 1. The van der Waals surface area contributed by atoms with E-state index in [0.29, 0.717) is 18.0 Å². The van der Waals surface area contributed by atoms with E-state index in [4.69, 9.17) is 4.74 Å². The summed E-state index contributed by atoms with van der Waals surface area (Å²) in [5, 5.41) is 8.20. The summed E-state index contributed by atoms with van der Waals surface area (Å²) in [5.74, 6) is 1.48. The number of nitrogens with zero attached hydrogens (tertiary/aromatic N) is 2. The average molecular weight is 265 g/mol. The molecule has 0 radical (unpaired) electrons. The average Bonchev–Trinajstić information content (AvgIpc) is 3.01. The molecule has 0 amide bonds. The molecule has 4 nitrogen and oxygen atoms in total. The predicted molar refractivity (Wildman–Crippen MR) is 77.8 cm³/mol. The number of ether oxygens (including phenoxy) is 1. The van der Waals surface area contributed by atoms with Crippen molar-refractivity contribution in [2.45, 2.75) is 64.5 Å². The number of rotatable bonds is 6. The molecule has 4 heteroatoms. The smallest absolute Gasteiger partial charge is 0.160 e. The van der Waals surface area contributed by atoms with Gasteiger partial charge >= 0.3 is 0 Å². The summed E-state index contributed by atoms with van der Waals surface area (Å²) in [7, 11) is 1.74. The van der Waals surface area contributed by atoms with Crippen LogP contribution in [0.2, 0.25) is 0 Å². The first-order valence-corrected chi connectivity index (χ1v) is 7.53. The van der Waals surface area contributed by atoms with Gasteiger partial charge in [0.05, 0.1) is 19.0 Å². The third-order valence-electron chi connectivity index (χ3n) is 4.03.